The Balaban J connectivity index is 2.14. The van der Waals surface area contributed by atoms with Gasteiger partial charge in [0.15, 0.2) is 5.58 Å². The molecule has 2 heterocycles. The maximum atomic E-state index is 5.67. The highest BCUT2D eigenvalue weighted by Crippen LogP contribution is 2.26. The van der Waals surface area contributed by atoms with Crippen LogP contribution in [0.5, 0.6) is 5.75 Å². The van der Waals surface area contributed by atoms with Gasteiger partial charge in [0.05, 0.1) is 12.7 Å². The Labute approximate surface area is 97.9 Å². The van der Waals surface area contributed by atoms with Gasteiger partial charge >= 0.3 is 0 Å². The highest BCUT2D eigenvalue weighted by atomic mass is 16.5. The van der Waals surface area contributed by atoms with Gasteiger partial charge in [0.25, 0.3) is 0 Å². The second kappa shape index (κ2) is 3.90. The van der Waals surface area contributed by atoms with Crippen molar-refractivity contribution in [3.05, 3.63) is 42.7 Å². The monoisotopic (exact) mass is 226 g/mol. The molecule has 0 fully saturated rings. The lowest BCUT2D eigenvalue weighted by molar-refractivity contribution is 0.414. The predicted octanol–water partition coefficient (Wildman–Crippen LogP) is 2.90. The molecule has 3 aromatic rings. The number of nitrogens with zero attached hydrogens (tertiary/aromatic N) is 2. The first-order valence-electron chi connectivity index (χ1n) is 5.22. The van der Waals surface area contributed by atoms with Crippen molar-refractivity contribution in [2.75, 3.05) is 7.11 Å². The molecule has 17 heavy (non-hydrogen) atoms. The summed E-state index contributed by atoms with van der Waals surface area (Å²) in [6.45, 7) is 0. The number of hydrogen-bond acceptors (Lipinski definition) is 4. The van der Waals surface area contributed by atoms with Crippen molar-refractivity contribution in [2.24, 2.45) is 0 Å². The Bertz CT molecular complexity index is 647. The van der Waals surface area contributed by atoms with Crippen molar-refractivity contribution in [3.63, 3.8) is 0 Å². The molecule has 0 unspecified atom stereocenters. The normalized spacial score (nSPS) is 10.6. The van der Waals surface area contributed by atoms with Crippen LogP contribution in [0.3, 0.4) is 0 Å². The number of rotatable bonds is 2. The second-order valence-corrected chi connectivity index (χ2v) is 3.59. The Morgan fingerprint density at radius 3 is 2.94 bits per heavy atom. The van der Waals surface area contributed by atoms with Crippen LogP contribution in [0.4, 0.5) is 0 Å². The van der Waals surface area contributed by atoms with Gasteiger partial charge in [-0.15, -0.1) is 0 Å². The summed E-state index contributed by atoms with van der Waals surface area (Å²) in [7, 11) is 1.62. The van der Waals surface area contributed by atoms with Crippen LogP contribution in [0, 0.1) is 0 Å². The number of fused-ring (bicyclic) bond motifs is 1. The molecule has 0 aliphatic carbocycles. The fraction of sp³-hybridized carbons (Fsp3) is 0.0769. The summed E-state index contributed by atoms with van der Waals surface area (Å²) >= 11 is 0. The van der Waals surface area contributed by atoms with Crippen molar-refractivity contribution >= 4 is 11.1 Å². The summed E-state index contributed by atoms with van der Waals surface area (Å²) in [5, 5.41) is 0. The van der Waals surface area contributed by atoms with Crippen LogP contribution in [0.25, 0.3) is 22.6 Å². The average Bonchev–Trinajstić information content (AvgIpc) is 2.82. The fourth-order valence-corrected chi connectivity index (χ4v) is 1.64. The molecule has 0 atom stereocenters. The zero-order valence-corrected chi connectivity index (χ0v) is 9.25. The first-order valence-corrected chi connectivity index (χ1v) is 5.22. The molecular formula is C13H10N2O2. The Kier molecular flexibility index (Phi) is 2.26. The van der Waals surface area contributed by atoms with E-state index in [-0.39, 0.29) is 0 Å². The van der Waals surface area contributed by atoms with Crippen LogP contribution in [0.2, 0.25) is 0 Å². The molecule has 3 rings (SSSR count). The molecule has 0 aliphatic heterocycles. The highest BCUT2D eigenvalue weighted by molar-refractivity contribution is 5.77. The molecule has 4 heteroatoms. The van der Waals surface area contributed by atoms with Crippen molar-refractivity contribution < 1.29 is 9.15 Å². The Hall–Kier alpha value is -2.36. The van der Waals surface area contributed by atoms with E-state index in [0.29, 0.717) is 11.5 Å². The summed E-state index contributed by atoms with van der Waals surface area (Å²) in [5.74, 6) is 1.33. The molecule has 0 saturated heterocycles. The quantitative estimate of drug-likeness (QED) is 0.674. The molecule has 0 bridgehead atoms. The topological polar surface area (TPSA) is 48.2 Å². The number of aromatic nitrogens is 2. The summed E-state index contributed by atoms with van der Waals surface area (Å²) < 4.78 is 10.8. The van der Waals surface area contributed by atoms with Gasteiger partial charge in [-0.1, -0.05) is 0 Å². The average molecular weight is 226 g/mol. The second-order valence-electron chi connectivity index (χ2n) is 3.59. The fourth-order valence-electron chi connectivity index (χ4n) is 1.64. The van der Waals surface area contributed by atoms with Gasteiger partial charge in [-0.25, -0.2) is 4.98 Å². The number of benzene rings is 1. The highest BCUT2D eigenvalue weighted by Gasteiger charge is 2.08. The van der Waals surface area contributed by atoms with Crippen molar-refractivity contribution in [1.29, 1.82) is 0 Å². The summed E-state index contributed by atoms with van der Waals surface area (Å²) in [6, 6.07) is 9.32. The van der Waals surface area contributed by atoms with Gasteiger partial charge in [0.1, 0.15) is 11.3 Å². The first kappa shape index (κ1) is 9.84. The molecule has 4 nitrogen and oxygen atoms in total. The Morgan fingerprint density at radius 2 is 2.18 bits per heavy atom. The van der Waals surface area contributed by atoms with Crippen LogP contribution >= 0.6 is 0 Å². The molecular weight excluding hydrogens is 216 g/mol. The first-order chi connectivity index (χ1) is 8.36. The van der Waals surface area contributed by atoms with E-state index in [1.54, 1.807) is 19.5 Å². The van der Waals surface area contributed by atoms with E-state index in [9.17, 15) is 0 Å². The largest absolute Gasteiger partial charge is 0.497 e. The molecule has 0 aliphatic rings. The van der Waals surface area contributed by atoms with E-state index in [1.165, 1.54) is 0 Å². The van der Waals surface area contributed by atoms with E-state index in [0.717, 1.165) is 16.8 Å². The van der Waals surface area contributed by atoms with Crippen molar-refractivity contribution in [2.45, 2.75) is 0 Å². The van der Waals surface area contributed by atoms with E-state index >= 15 is 0 Å². The molecule has 0 saturated carbocycles. The van der Waals surface area contributed by atoms with Crippen LogP contribution in [-0.2, 0) is 0 Å². The smallest absolute Gasteiger partial charge is 0.228 e. The Morgan fingerprint density at radius 1 is 1.24 bits per heavy atom. The minimum Gasteiger partial charge on any atom is -0.497 e. The van der Waals surface area contributed by atoms with Gasteiger partial charge in [-0.2, -0.15) is 0 Å². The lowest BCUT2D eigenvalue weighted by atomic mass is 10.3. The predicted molar refractivity (Wildman–Crippen MR) is 63.8 cm³/mol. The third-order valence-corrected chi connectivity index (χ3v) is 2.50. The number of oxazole rings is 1. The van der Waals surface area contributed by atoms with Gasteiger partial charge in [-0.3, -0.25) is 4.98 Å². The summed E-state index contributed by atoms with van der Waals surface area (Å²) in [6.07, 6.45) is 3.44. The van der Waals surface area contributed by atoms with Gasteiger partial charge in [0, 0.05) is 18.5 Å². The van der Waals surface area contributed by atoms with Crippen LogP contribution < -0.4 is 4.74 Å². The lowest BCUT2D eigenvalue weighted by Crippen LogP contribution is -1.80. The third kappa shape index (κ3) is 1.73. The number of hydrogen-bond donors (Lipinski definition) is 0. The number of methoxy groups -OCH3 is 1. The SMILES string of the molecule is COc1ccc2nc(-c3cccnc3)oc2c1. The molecule has 0 radical (unpaired) electrons. The van der Waals surface area contributed by atoms with Gasteiger partial charge < -0.3 is 9.15 Å². The third-order valence-electron chi connectivity index (χ3n) is 2.50. The molecule has 2 aromatic heterocycles. The molecule has 0 amide bonds. The van der Waals surface area contributed by atoms with Crippen molar-refractivity contribution in [1.82, 2.24) is 9.97 Å². The molecule has 84 valence electrons. The number of pyridine rings is 1. The minimum absolute atomic E-state index is 0.571. The maximum absolute atomic E-state index is 5.67. The van der Waals surface area contributed by atoms with Crippen LogP contribution in [0.1, 0.15) is 0 Å². The van der Waals surface area contributed by atoms with E-state index in [4.69, 9.17) is 9.15 Å². The van der Waals surface area contributed by atoms with E-state index < -0.39 is 0 Å². The molecule has 0 spiro atoms. The summed E-state index contributed by atoms with van der Waals surface area (Å²) in [5.41, 5.74) is 2.38. The number of ether oxygens (including phenoxy) is 1. The molecule has 0 N–H and O–H groups in total. The lowest BCUT2D eigenvalue weighted by Gasteiger charge is -1.95. The van der Waals surface area contributed by atoms with Crippen LogP contribution in [-0.4, -0.2) is 17.1 Å². The van der Waals surface area contributed by atoms with E-state index in [2.05, 4.69) is 9.97 Å². The van der Waals surface area contributed by atoms with Crippen LogP contribution in [0.15, 0.2) is 47.1 Å². The summed E-state index contributed by atoms with van der Waals surface area (Å²) in [4.78, 5) is 8.44. The zero-order chi connectivity index (χ0) is 11.7. The van der Waals surface area contributed by atoms with Gasteiger partial charge in [-0.05, 0) is 24.3 Å². The molecule has 1 aromatic carbocycles. The van der Waals surface area contributed by atoms with E-state index in [1.807, 2.05) is 30.3 Å². The minimum atomic E-state index is 0.571. The van der Waals surface area contributed by atoms with Crippen molar-refractivity contribution in [3.8, 4) is 17.2 Å². The van der Waals surface area contributed by atoms with Gasteiger partial charge in [0.2, 0.25) is 5.89 Å². The standard InChI is InChI=1S/C13H10N2O2/c1-16-10-4-5-11-12(7-10)17-13(15-11)9-3-2-6-14-8-9/h2-8H,1H3. The maximum Gasteiger partial charge on any atom is 0.228 e. The zero-order valence-electron chi connectivity index (χ0n) is 9.25.